The van der Waals surface area contributed by atoms with Crippen LogP contribution in [-0.4, -0.2) is 11.9 Å². The van der Waals surface area contributed by atoms with Gasteiger partial charge in [-0.25, -0.2) is 0 Å². The largest absolute Gasteiger partial charge is 0.353 e. The Kier molecular flexibility index (Phi) is 3.23. The Hall–Kier alpha value is -1.31. The number of aryl methyl sites for hydroxylation is 3. The fourth-order valence-corrected chi connectivity index (χ4v) is 3.17. The molecule has 1 saturated heterocycles. The van der Waals surface area contributed by atoms with Gasteiger partial charge in [-0.2, -0.15) is 0 Å². The van der Waals surface area contributed by atoms with Crippen LogP contribution >= 0.6 is 0 Å². The van der Waals surface area contributed by atoms with Crippen molar-refractivity contribution < 1.29 is 4.79 Å². The highest BCUT2D eigenvalue weighted by atomic mass is 16.2. The molecule has 1 aromatic rings. The van der Waals surface area contributed by atoms with Gasteiger partial charge in [-0.15, -0.1) is 0 Å². The Balaban J connectivity index is 2.43. The summed E-state index contributed by atoms with van der Waals surface area (Å²) in [4.78, 5) is 11.6. The van der Waals surface area contributed by atoms with E-state index in [1.807, 2.05) is 0 Å². The van der Waals surface area contributed by atoms with E-state index in [0.29, 0.717) is 18.4 Å². The topological polar surface area (TPSA) is 29.1 Å². The van der Waals surface area contributed by atoms with Gasteiger partial charge in [0.05, 0.1) is 0 Å². The van der Waals surface area contributed by atoms with Crippen LogP contribution in [0.2, 0.25) is 0 Å². The molecule has 2 rings (SSSR count). The molecule has 1 amide bonds. The molecule has 17 heavy (non-hydrogen) atoms. The highest BCUT2D eigenvalue weighted by molar-refractivity contribution is 5.80. The minimum absolute atomic E-state index is 0.196. The third-order valence-corrected chi connectivity index (χ3v) is 3.79. The van der Waals surface area contributed by atoms with Gasteiger partial charge in [0.15, 0.2) is 0 Å². The van der Waals surface area contributed by atoms with Crippen LogP contribution in [0, 0.1) is 20.8 Å². The number of carbonyl (C=O) groups is 1. The number of amides is 1. The Morgan fingerprint density at radius 3 is 2.35 bits per heavy atom. The van der Waals surface area contributed by atoms with E-state index in [1.165, 1.54) is 22.3 Å². The molecular weight excluding hydrogens is 210 g/mol. The zero-order valence-electron chi connectivity index (χ0n) is 11.1. The van der Waals surface area contributed by atoms with Crippen LogP contribution in [0.1, 0.15) is 47.9 Å². The van der Waals surface area contributed by atoms with Gasteiger partial charge in [0, 0.05) is 18.4 Å². The van der Waals surface area contributed by atoms with Crippen molar-refractivity contribution in [1.29, 1.82) is 0 Å². The smallest absolute Gasteiger partial charge is 0.220 e. The molecule has 1 fully saturated rings. The predicted octanol–water partition coefficient (Wildman–Crippen LogP) is 2.99. The van der Waals surface area contributed by atoms with Crippen LogP contribution in [0.15, 0.2) is 12.1 Å². The molecule has 1 aliphatic heterocycles. The highest BCUT2D eigenvalue weighted by Gasteiger charge is 2.33. The first kappa shape index (κ1) is 12.2. The summed E-state index contributed by atoms with van der Waals surface area (Å²) in [5.74, 6) is 0.550. The first-order valence-corrected chi connectivity index (χ1v) is 6.40. The molecule has 1 heterocycles. The molecule has 2 atom stereocenters. The second-order valence-electron chi connectivity index (χ2n) is 5.21. The van der Waals surface area contributed by atoms with Gasteiger partial charge in [0.1, 0.15) is 0 Å². The molecule has 0 radical (unpaired) electrons. The summed E-state index contributed by atoms with van der Waals surface area (Å²) in [7, 11) is 0. The molecule has 0 saturated carbocycles. The van der Waals surface area contributed by atoms with Crippen molar-refractivity contribution >= 4 is 5.91 Å². The quantitative estimate of drug-likeness (QED) is 0.833. The minimum Gasteiger partial charge on any atom is -0.353 e. The Morgan fingerprint density at radius 2 is 1.82 bits per heavy atom. The fourth-order valence-electron chi connectivity index (χ4n) is 3.17. The predicted molar refractivity (Wildman–Crippen MR) is 70.2 cm³/mol. The lowest BCUT2D eigenvalue weighted by Crippen LogP contribution is -2.27. The molecule has 0 bridgehead atoms. The van der Waals surface area contributed by atoms with Crippen molar-refractivity contribution in [3.63, 3.8) is 0 Å². The zero-order chi connectivity index (χ0) is 12.6. The molecule has 0 aliphatic carbocycles. The van der Waals surface area contributed by atoms with Crippen LogP contribution in [0.3, 0.4) is 0 Å². The van der Waals surface area contributed by atoms with Crippen LogP contribution in [0.5, 0.6) is 0 Å². The van der Waals surface area contributed by atoms with Crippen molar-refractivity contribution in [3.05, 3.63) is 34.4 Å². The molecule has 1 aromatic carbocycles. The summed E-state index contributed by atoms with van der Waals surface area (Å²) in [5, 5.41) is 3.08. The standard InChI is InChI=1S/C15H21NO/c1-5-13-12(8-14(17)16-13)15-10(3)6-9(2)7-11(15)4/h6-7,12-13H,5,8H2,1-4H3,(H,16,17). The van der Waals surface area contributed by atoms with E-state index in [4.69, 9.17) is 0 Å². The maximum atomic E-state index is 11.6. The Morgan fingerprint density at radius 1 is 1.24 bits per heavy atom. The lowest BCUT2D eigenvalue weighted by atomic mass is 9.84. The maximum absolute atomic E-state index is 11.6. The van der Waals surface area contributed by atoms with Gasteiger partial charge in [-0.3, -0.25) is 4.79 Å². The van der Waals surface area contributed by atoms with Gasteiger partial charge in [0.25, 0.3) is 0 Å². The molecule has 1 aliphatic rings. The van der Waals surface area contributed by atoms with Gasteiger partial charge >= 0.3 is 0 Å². The lowest BCUT2D eigenvalue weighted by molar-refractivity contribution is -0.119. The number of carbonyl (C=O) groups excluding carboxylic acids is 1. The first-order chi connectivity index (χ1) is 8.02. The van der Waals surface area contributed by atoms with E-state index in [2.05, 4.69) is 45.1 Å². The van der Waals surface area contributed by atoms with Gasteiger partial charge in [-0.05, 0) is 43.9 Å². The summed E-state index contributed by atoms with van der Waals surface area (Å²) in [5.41, 5.74) is 5.32. The lowest BCUT2D eigenvalue weighted by Gasteiger charge is -2.22. The van der Waals surface area contributed by atoms with Crippen LogP contribution in [-0.2, 0) is 4.79 Å². The first-order valence-electron chi connectivity index (χ1n) is 6.40. The van der Waals surface area contributed by atoms with Crippen molar-refractivity contribution in [2.24, 2.45) is 0 Å². The van der Waals surface area contributed by atoms with Gasteiger partial charge in [-0.1, -0.05) is 24.6 Å². The number of benzene rings is 1. The monoisotopic (exact) mass is 231 g/mol. The number of hydrogen-bond donors (Lipinski definition) is 1. The van der Waals surface area contributed by atoms with E-state index in [1.54, 1.807) is 0 Å². The summed E-state index contributed by atoms with van der Waals surface area (Å²) < 4.78 is 0. The van der Waals surface area contributed by atoms with E-state index in [9.17, 15) is 4.79 Å². The Labute approximate surface area is 103 Å². The summed E-state index contributed by atoms with van der Waals surface area (Å²) >= 11 is 0. The Bertz CT molecular complexity index is 427. The zero-order valence-corrected chi connectivity index (χ0v) is 11.1. The average molecular weight is 231 g/mol. The molecule has 0 aromatic heterocycles. The number of rotatable bonds is 2. The van der Waals surface area contributed by atoms with Crippen LogP contribution in [0.25, 0.3) is 0 Å². The fraction of sp³-hybridized carbons (Fsp3) is 0.533. The molecule has 2 unspecified atom stereocenters. The molecule has 0 spiro atoms. The normalized spacial score (nSPS) is 23.9. The molecular formula is C15H21NO. The van der Waals surface area contributed by atoms with Crippen molar-refractivity contribution in [1.82, 2.24) is 5.32 Å². The molecule has 2 heteroatoms. The minimum atomic E-state index is 0.196. The highest BCUT2D eigenvalue weighted by Crippen LogP contribution is 2.34. The summed E-state index contributed by atoms with van der Waals surface area (Å²) in [6, 6.07) is 4.75. The van der Waals surface area contributed by atoms with Crippen molar-refractivity contribution in [2.75, 3.05) is 0 Å². The van der Waals surface area contributed by atoms with Gasteiger partial charge in [0.2, 0.25) is 5.91 Å². The van der Waals surface area contributed by atoms with Crippen LogP contribution < -0.4 is 5.32 Å². The molecule has 92 valence electrons. The summed E-state index contributed by atoms with van der Waals surface area (Å²) in [6.45, 7) is 8.58. The SMILES string of the molecule is CCC1NC(=O)CC1c1c(C)cc(C)cc1C. The molecule has 2 nitrogen and oxygen atoms in total. The third-order valence-electron chi connectivity index (χ3n) is 3.79. The van der Waals surface area contributed by atoms with E-state index >= 15 is 0 Å². The van der Waals surface area contributed by atoms with Crippen molar-refractivity contribution in [3.8, 4) is 0 Å². The van der Waals surface area contributed by atoms with Gasteiger partial charge < -0.3 is 5.32 Å². The maximum Gasteiger partial charge on any atom is 0.220 e. The third kappa shape index (κ3) is 2.21. The number of hydrogen-bond acceptors (Lipinski definition) is 1. The second-order valence-corrected chi connectivity index (χ2v) is 5.21. The average Bonchev–Trinajstić information content (AvgIpc) is 2.58. The van der Waals surface area contributed by atoms with Crippen molar-refractivity contribution in [2.45, 2.75) is 52.5 Å². The molecule has 1 N–H and O–H groups in total. The number of nitrogens with one attached hydrogen (secondary N) is 1. The second kappa shape index (κ2) is 4.52. The van der Waals surface area contributed by atoms with E-state index in [0.717, 1.165) is 6.42 Å². The van der Waals surface area contributed by atoms with E-state index < -0.39 is 0 Å². The van der Waals surface area contributed by atoms with Crippen LogP contribution in [0.4, 0.5) is 0 Å². The van der Waals surface area contributed by atoms with E-state index in [-0.39, 0.29) is 5.91 Å². The summed E-state index contributed by atoms with van der Waals surface area (Å²) in [6.07, 6.45) is 1.65.